The van der Waals surface area contributed by atoms with E-state index in [1.807, 2.05) is 0 Å². The average molecular weight is 230 g/mol. The van der Waals surface area contributed by atoms with Gasteiger partial charge in [-0.05, 0) is 42.9 Å². The summed E-state index contributed by atoms with van der Waals surface area (Å²) in [5, 5.41) is 3.42. The number of nitrogens with one attached hydrogen (secondary N) is 1. The lowest BCUT2D eigenvalue weighted by Gasteiger charge is -2.21. The van der Waals surface area contributed by atoms with Gasteiger partial charge in [-0.15, -0.1) is 0 Å². The smallest absolute Gasteiger partial charge is 0.0373 e. The fourth-order valence-corrected chi connectivity index (χ4v) is 3.30. The lowest BCUT2D eigenvalue weighted by atomic mass is 10.1. The standard InChI is InChI=1S/C15H22N2/c1-11-7-12(2)17(9-11)10-13-3-4-15-14(8-13)5-6-16-15/h3-4,8,11-12,16H,5-7,9-10H2,1-2H3. The van der Waals surface area contributed by atoms with Crippen LogP contribution in [0.4, 0.5) is 5.69 Å². The van der Waals surface area contributed by atoms with E-state index in [1.165, 1.54) is 36.2 Å². The molecule has 92 valence electrons. The molecule has 2 unspecified atom stereocenters. The van der Waals surface area contributed by atoms with Crippen LogP contribution >= 0.6 is 0 Å². The second-order valence-corrected chi connectivity index (χ2v) is 5.79. The highest BCUT2D eigenvalue weighted by Crippen LogP contribution is 2.27. The van der Waals surface area contributed by atoms with Crippen LogP contribution in [0.25, 0.3) is 0 Å². The minimum Gasteiger partial charge on any atom is -0.384 e. The van der Waals surface area contributed by atoms with Crippen molar-refractivity contribution in [3.8, 4) is 0 Å². The Morgan fingerprint density at radius 3 is 3.00 bits per heavy atom. The van der Waals surface area contributed by atoms with Crippen molar-refractivity contribution in [2.75, 3.05) is 18.4 Å². The highest BCUT2D eigenvalue weighted by atomic mass is 15.2. The first-order valence-electron chi connectivity index (χ1n) is 6.82. The van der Waals surface area contributed by atoms with Crippen molar-refractivity contribution in [2.24, 2.45) is 5.92 Å². The Kier molecular flexibility index (Phi) is 2.83. The third-order valence-electron chi connectivity index (χ3n) is 4.18. The predicted molar refractivity (Wildman–Crippen MR) is 72.3 cm³/mol. The number of nitrogens with zero attached hydrogens (tertiary/aromatic N) is 1. The normalized spacial score (nSPS) is 28.1. The summed E-state index contributed by atoms with van der Waals surface area (Å²) in [5.74, 6) is 0.862. The number of hydrogen-bond donors (Lipinski definition) is 1. The molecule has 3 rings (SSSR count). The van der Waals surface area contributed by atoms with E-state index in [0.29, 0.717) is 0 Å². The minimum atomic E-state index is 0.747. The second kappa shape index (κ2) is 4.34. The average Bonchev–Trinajstić information content (AvgIpc) is 2.85. The first kappa shape index (κ1) is 11.1. The van der Waals surface area contributed by atoms with Crippen LogP contribution in [0, 0.1) is 5.92 Å². The molecule has 1 aromatic rings. The molecular formula is C15H22N2. The van der Waals surface area contributed by atoms with Crippen LogP contribution in [-0.2, 0) is 13.0 Å². The zero-order chi connectivity index (χ0) is 11.8. The van der Waals surface area contributed by atoms with Crippen LogP contribution in [0.15, 0.2) is 18.2 Å². The van der Waals surface area contributed by atoms with Crippen molar-refractivity contribution < 1.29 is 0 Å². The lowest BCUT2D eigenvalue weighted by molar-refractivity contribution is 0.256. The number of likely N-dealkylation sites (tertiary alicyclic amines) is 1. The topological polar surface area (TPSA) is 15.3 Å². The number of rotatable bonds is 2. The van der Waals surface area contributed by atoms with E-state index < -0.39 is 0 Å². The van der Waals surface area contributed by atoms with Gasteiger partial charge in [0.25, 0.3) is 0 Å². The lowest BCUT2D eigenvalue weighted by Crippen LogP contribution is -2.26. The minimum absolute atomic E-state index is 0.747. The predicted octanol–water partition coefficient (Wildman–Crippen LogP) is 2.88. The van der Waals surface area contributed by atoms with Gasteiger partial charge in [0.05, 0.1) is 0 Å². The molecule has 2 aliphatic rings. The molecular weight excluding hydrogens is 208 g/mol. The van der Waals surface area contributed by atoms with Crippen LogP contribution in [0.2, 0.25) is 0 Å². The van der Waals surface area contributed by atoms with E-state index >= 15 is 0 Å². The molecule has 17 heavy (non-hydrogen) atoms. The Hall–Kier alpha value is -1.02. The van der Waals surface area contributed by atoms with Crippen molar-refractivity contribution in [3.05, 3.63) is 29.3 Å². The van der Waals surface area contributed by atoms with Gasteiger partial charge in [0.2, 0.25) is 0 Å². The summed E-state index contributed by atoms with van der Waals surface area (Å²) in [4.78, 5) is 2.62. The Balaban J connectivity index is 1.73. The second-order valence-electron chi connectivity index (χ2n) is 5.79. The van der Waals surface area contributed by atoms with Gasteiger partial charge in [0.1, 0.15) is 0 Å². The fourth-order valence-electron chi connectivity index (χ4n) is 3.30. The molecule has 2 atom stereocenters. The van der Waals surface area contributed by atoms with Crippen LogP contribution in [0.3, 0.4) is 0 Å². The molecule has 2 heterocycles. The third-order valence-corrected chi connectivity index (χ3v) is 4.18. The molecule has 0 saturated carbocycles. The summed E-state index contributed by atoms with van der Waals surface area (Å²) in [6.45, 7) is 8.22. The van der Waals surface area contributed by atoms with E-state index in [9.17, 15) is 0 Å². The van der Waals surface area contributed by atoms with Gasteiger partial charge in [0.15, 0.2) is 0 Å². The SMILES string of the molecule is CC1CC(C)N(Cc2ccc3c(c2)CCN3)C1. The molecule has 0 aliphatic carbocycles. The van der Waals surface area contributed by atoms with Gasteiger partial charge in [-0.25, -0.2) is 0 Å². The van der Waals surface area contributed by atoms with Crippen LogP contribution in [-0.4, -0.2) is 24.0 Å². The van der Waals surface area contributed by atoms with E-state index in [1.54, 1.807) is 0 Å². The maximum atomic E-state index is 3.42. The molecule has 1 saturated heterocycles. The van der Waals surface area contributed by atoms with Crippen molar-refractivity contribution in [3.63, 3.8) is 0 Å². The zero-order valence-corrected chi connectivity index (χ0v) is 10.9. The molecule has 2 heteroatoms. The van der Waals surface area contributed by atoms with Crippen molar-refractivity contribution in [1.82, 2.24) is 4.90 Å². The Morgan fingerprint density at radius 2 is 2.24 bits per heavy atom. The molecule has 0 radical (unpaired) electrons. The van der Waals surface area contributed by atoms with Gasteiger partial charge in [-0.1, -0.05) is 19.1 Å². The maximum absolute atomic E-state index is 3.42. The van der Waals surface area contributed by atoms with Crippen molar-refractivity contribution >= 4 is 5.69 Å². The Labute approximate surface area is 104 Å². The first-order chi connectivity index (χ1) is 8.22. The largest absolute Gasteiger partial charge is 0.384 e. The van der Waals surface area contributed by atoms with E-state index in [0.717, 1.165) is 25.0 Å². The number of anilines is 1. The van der Waals surface area contributed by atoms with Crippen LogP contribution in [0.1, 0.15) is 31.4 Å². The highest BCUT2D eigenvalue weighted by Gasteiger charge is 2.26. The Morgan fingerprint density at radius 1 is 1.35 bits per heavy atom. The van der Waals surface area contributed by atoms with Crippen LogP contribution < -0.4 is 5.32 Å². The number of benzene rings is 1. The molecule has 1 aromatic carbocycles. The summed E-state index contributed by atoms with van der Waals surface area (Å²) in [6.07, 6.45) is 2.54. The number of fused-ring (bicyclic) bond motifs is 1. The molecule has 0 bridgehead atoms. The van der Waals surface area contributed by atoms with Gasteiger partial charge in [0, 0.05) is 31.4 Å². The molecule has 0 aromatic heterocycles. The monoisotopic (exact) mass is 230 g/mol. The highest BCUT2D eigenvalue weighted by molar-refractivity contribution is 5.56. The van der Waals surface area contributed by atoms with E-state index in [-0.39, 0.29) is 0 Å². The van der Waals surface area contributed by atoms with Crippen LogP contribution in [0.5, 0.6) is 0 Å². The van der Waals surface area contributed by atoms with Gasteiger partial charge in [-0.3, -0.25) is 4.90 Å². The summed E-state index contributed by atoms with van der Waals surface area (Å²) in [6, 6.07) is 7.68. The summed E-state index contributed by atoms with van der Waals surface area (Å²) in [7, 11) is 0. The van der Waals surface area contributed by atoms with Gasteiger partial charge < -0.3 is 5.32 Å². The van der Waals surface area contributed by atoms with Gasteiger partial charge >= 0.3 is 0 Å². The van der Waals surface area contributed by atoms with Crippen molar-refractivity contribution in [1.29, 1.82) is 0 Å². The summed E-state index contributed by atoms with van der Waals surface area (Å²) < 4.78 is 0. The summed E-state index contributed by atoms with van der Waals surface area (Å²) in [5.41, 5.74) is 4.33. The molecule has 2 nitrogen and oxygen atoms in total. The fraction of sp³-hybridized carbons (Fsp3) is 0.600. The zero-order valence-electron chi connectivity index (χ0n) is 10.9. The third kappa shape index (κ3) is 2.19. The molecule has 1 N–H and O–H groups in total. The molecule has 0 spiro atoms. The molecule has 1 fully saturated rings. The summed E-state index contributed by atoms with van der Waals surface area (Å²) >= 11 is 0. The first-order valence-corrected chi connectivity index (χ1v) is 6.82. The van der Waals surface area contributed by atoms with E-state index in [2.05, 4.69) is 42.3 Å². The van der Waals surface area contributed by atoms with E-state index in [4.69, 9.17) is 0 Å². The number of hydrogen-bond acceptors (Lipinski definition) is 2. The van der Waals surface area contributed by atoms with Gasteiger partial charge in [-0.2, -0.15) is 0 Å². The van der Waals surface area contributed by atoms with Crippen molar-refractivity contribution in [2.45, 2.75) is 39.3 Å². The maximum Gasteiger partial charge on any atom is 0.0373 e. The molecule has 0 amide bonds. The molecule has 2 aliphatic heterocycles. The quantitative estimate of drug-likeness (QED) is 0.840. The Bertz CT molecular complexity index is 413.